The first kappa shape index (κ1) is 22.9. The van der Waals surface area contributed by atoms with Crippen LogP contribution in [0.1, 0.15) is 76.5 Å². The average Bonchev–Trinajstić information content (AvgIpc) is 3.32. The number of carbonyl (C=O) groups is 2. The molecule has 1 saturated heterocycles. The van der Waals surface area contributed by atoms with Crippen LogP contribution in [0.5, 0.6) is 0 Å². The van der Waals surface area contributed by atoms with E-state index in [1.807, 2.05) is 0 Å². The Morgan fingerprint density at radius 1 is 1.21 bits per heavy atom. The zero-order valence-electron chi connectivity index (χ0n) is 19.3. The quantitative estimate of drug-likeness (QED) is 0.600. The van der Waals surface area contributed by atoms with Gasteiger partial charge in [-0.05, 0) is 74.5 Å². The minimum absolute atomic E-state index is 0.0113. The third-order valence-electron chi connectivity index (χ3n) is 7.57. The molecule has 182 valence electrons. The van der Waals surface area contributed by atoms with E-state index >= 15 is 0 Å². The van der Waals surface area contributed by atoms with Gasteiger partial charge in [-0.1, -0.05) is 12.1 Å². The normalized spacial score (nSPS) is 21.9. The summed E-state index contributed by atoms with van der Waals surface area (Å²) < 4.78 is 46.7. The number of hydrogen-bond donors (Lipinski definition) is 0. The Bertz CT molecular complexity index is 1130. The molecule has 1 aliphatic heterocycles. The van der Waals surface area contributed by atoms with Crippen LogP contribution in [0.2, 0.25) is 0 Å². The third-order valence-corrected chi connectivity index (χ3v) is 7.57. The number of ether oxygens (including phenoxy) is 1. The van der Waals surface area contributed by atoms with Crippen LogP contribution >= 0.6 is 0 Å². The van der Waals surface area contributed by atoms with Crippen molar-refractivity contribution in [2.75, 3.05) is 19.7 Å². The molecular weight excluding hydrogens is 447 g/mol. The number of alkyl halides is 3. The summed E-state index contributed by atoms with van der Waals surface area (Å²) in [7, 11) is 0. The second-order valence-electron chi connectivity index (χ2n) is 9.57. The maximum absolute atomic E-state index is 13.3. The fourth-order valence-corrected chi connectivity index (χ4v) is 5.74. The molecule has 1 amide bonds. The summed E-state index contributed by atoms with van der Waals surface area (Å²) in [5, 5.41) is 4.46. The smallest absolute Gasteiger partial charge is 0.416 e. The van der Waals surface area contributed by atoms with Gasteiger partial charge in [0.05, 0.1) is 12.2 Å². The molecule has 0 radical (unpaired) electrons. The lowest BCUT2D eigenvalue weighted by atomic mass is 9.85. The van der Waals surface area contributed by atoms with Crippen LogP contribution in [0.25, 0.3) is 0 Å². The fraction of sp³-hybridized carbons (Fsp3) is 0.560. The molecule has 9 heteroatoms. The highest BCUT2D eigenvalue weighted by molar-refractivity contribution is 5.90. The molecule has 0 unspecified atom stereocenters. The van der Waals surface area contributed by atoms with Crippen molar-refractivity contribution in [2.45, 2.75) is 64.1 Å². The van der Waals surface area contributed by atoms with E-state index in [1.165, 1.54) is 13.0 Å². The standard InChI is InChI=1S/C25H28F3N3O3/c1-3-34-24(33)23-22-18-11-16(18)12-20(22)31(29-23)13-21(32)30-9-7-15(8-10-30)17-5-4-6-19(14(17)2)25(26,27)28/h4-6,15-16,18H,3,7-13H2,1-2H3/t16-,18-/m1/s1. The van der Waals surface area contributed by atoms with Crippen LogP contribution in [0.15, 0.2) is 18.2 Å². The van der Waals surface area contributed by atoms with Gasteiger partial charge in [-0.15, -0.1) is 0 Å². The van der Waals surface area contributed by atoms with Gasteiger partial charge in [-0.25, -0.2) is 4.79 Å². The van der Waals surface area contributed by atoms with Gasteiger partial charge in [0.15, 0.2) is 5.69 Å². The summed E-state index contributed by atoms with van der Waals surface area (Å²) in [5.41, 5.74) is 2.66. The predicted molar refractivity (Wildman–Crippen MR) is 117 cm³/mol. The summed E-state index contributed by atoms with van der Waals surface area (Å²) in [4.78, 5) is 27.2. The molecule has 2 atom stereocenters. The van der Waals surface area contributed by atoms with E-state index in [4.69, 9.17) is 4.74 Å². The molecule has 0 spiro atoms. The number of piperidine rings is 1. The largest absolute Gasteiger partial charge is 0.461 e. The molecule has 5 rings (SSSR count). The molecule has 2 fully saturated rings. The molecular formula is C25H28F3N3O3. The van der Waals surface area contributed by atoms with E-state index in [-0.39, 0.29) is 30.5 Å². The van der Waals surface area contributed by atoms with Gasteiger partial charge in [0.2, 0.25) is 5.91 Å². The highest BCUT2D eigenvalue weighted by Gasteiger charge is 2.50. The molecule has 0 N–H and O–H groups in total. The molecule has 2 heterocycles. The number of amides is 1. The Morgan fingerprint density at radius 2 is 1.94 bits per heavy atom. The minimum atomic E-state index is -4.37. The van der Waals surface area contributed by atoms with E-state index in [2.05, 4.69) is 5.10 Å². The van der Waals surface area contributed by atoms with E-state index in [0.717, 1.165) is 30.2 Å². The van der Waals surface area contributed by atoms with Crippen molar-refractivity contribution in [2.24, 2.45) is 5.92 Å². The maximum atomic E-state index is 13.3. The Kier molecular flexibility index (Phi) is 5.68. The average molecular weight is 476 g/mol. The zero-order chi connectivity index (χ0) is 24.2. The van der Waals surface area contributed by atoms with Crippen molar-refractivity contribution in [1.29, 1.82) is 0 Å². The lowest BCUT2D eigenvalue weighted by Gasteiger charge is -2.33. The Morgan fingerprint density at radius 3 is 2.62 bits per heavy atom. The molecule has 2 aliphatic carbocycles. The second-order valence-corrected chi connectivity index (χ2v) is 9.57. The molecule has 2 aromatic rings. The van der Waals surface area contributed by atoms with Gasteiger partial charge in [0.25, 0.3) is 0 Å². The van der Waals surface area contributed by atoms with Gasteiger partial charge in [-0.3, -0.25) is 9.48 Å². The highest BCUT2D eigenvalue weighted by Crippen LogP contribution is 2.57. The van der Waals surface area contributed by atoms with Crippen molar-refractivity contribution in [3.05, 3.63) is 51.8 Å². The van der Waals surface area contributed by atoms with Crippen LogP contribution in [0.3, 0.4) is 0 Å². The number of aromatic nitrogens is 2. The molecule has 6 nitrogen and oxygen atoms in total. The Hall–Kier alpha value is -2.84. The third kappa shape index (κ3) is 3.99. The molecule has 34 heavy (non-hydrogen) atoms. The highest BCUT2D eigenvalue weighted by atomic mass is 19.4. The number of halogens is 3. The van der Waals surface area contributed by atoms with Gasteiger partial charge in [0, 0.05) is 24.3 Å². The number of fused-ring (bicyclic) bond motifs is 3. The van der Waals surface area contributed by atoms with Gasteiger partial charge in [-0.2, -0.15) is 18.3 Å². The number of hydrogen-bond acceptors (Lipinski definition) is 4. The summed E-state index contributed by atoms with van der Waals surface area (Å²) in [5.74, 6) is 0.358. The summed E-state index contributed by atoms with van der Waals surface area (Å²) in [6.07, 6.45) is -1.26. The summed E-state index contributed by atoms with van der Waals surface area (Å²) >= 11 is 0. The molecule has 1 aromatic carbocycles. The number of nitrogens with zero attached hydrogens (tertiary/aromatic N) is 3. The van der Waals surface area contributed by atoms with Gasteiger partial charge in [0.1, 0.15) is 6.54 Å². The van der Waals surface area contributed by atoms with Gasteiger partial charge < -0.3 is 9.64 Å². The summed E-state index contributed by atoms with van der Waals surface area (Å²) in [6.45, 7) is 4.59. The van der Waals surface area contributed by atoms with Crippen LogP contribution in [-0.2, 0) is 28.7 Å². The SMILES string of the molecule is CCOC(=O)c1nn(CC(=O)N2CCC(c3cccc(C(F)(F)F)c3C)CC2)c2c1[C@@H]1C[C@@H]1C2. The number of carbonyl (C=O) groups excluding carboxylic acids is 2. The van der Waals surface area contributed by atoms with Crippen LogP contribution in [-0.4, -0.2) is 46.3 Å². The maximum Gasteiger partial charge on any atom is 0.416 e. The van der Waals surface area contributed by atoms with Crippen molar-refractivity contribution in [1.82, 2.24) is 14.7 Å². The number of rotatable bonds is 5. The number of benzene rings is 1. The molecule has 1 aromatic heterocycles. The lowest BCUT2D eigenvalue weighted by Crippen LogP contribution is -2.40. The first-order chi connectivity index (χ1) is 16.2. The van der Waals surface area contributed by atoms with Gasteiger partial charge >= 0.3 is 12.1 Å². The van der Waals surface area contributed by atoms with E-state index in [0.29, 0.717) is 49.0 Å². The first-order valence-electron chi connectivity index (χ1n) is 11.9. The van der Waals surface area contributed by atoms with E-state index in [9.17, 15) is 22.8 Å². The zero-order valence-corrected chi connectivity index (χ0v) is 19.3. The minimum Gasteiger partial charge on any atom is -0.461 e. The first-order valence-corrected chi connectivity index (χ1v) is 11.9. The van der Waals surface area contributed by atoms with Crippen molar-refractivity contribution in [3.8, 4) is 0 Å². The van der Waals surface area contributed by atoms with E-state index < -0.39 is 17.7 Å². The topological polar surface area (TPSA) is 64.4 Å². The van der Waals surface area contributed by atoms with Crippen LogP contribution < -0.4 is 0 Å². The van der Waals surface area contributed by atoms with Crippen LogP contribution in [0, 0.1) is 12.8 Å². The molecule has 1 saturated carbocycles. The fourth-order valence-electron chi connectivity index (χ4n) is 5.74. The second kappa shape index (κ2) is 8.43. The predicted octanol–water partition coefficient (Wildman–Crippen LogP) is 4.45. The Balaban J connectivity index is 1.26. The van der Waals surface area contributed by atoms with Crippen molar-refractivity contribution >= 4 is 11.9 Å². The molecule has 3 aliphatic rings. The molecule has 0 bridgehead atoms. The number of esters is 1. The Labute approximate surface area is 196 Å². The van der Waals surface area contributed by atoms with Crippen LogP contribution in [0.4, 0.5) is 13.2 Å². The lowest BCUT2D eigenvalue weighted by molar-refractivity contribution is -0.138. The van der Waals surface area contributed by atoms with Crippen molar-refractivity contribution < 1.29 is 27.5 Å². The summed E-state index contributed by atoms with van der Waals surface area (Å²) in [6, 6.07) is 4.35. The number of likely N-dealkylation sites (tertiary alicyclic amines) is 1. The van der Waals surface area contributed by atoms with Crippen molar-refractivity contribution in [3.63, 3.8) is 0 Å². The van der Waals surface area contributed by atoms with E-state index in [1.54, 1.807) is 22.6 Å². The monoisotopic (exact) mass is 475 g/mol.